The lowest BCUT2D eigenvalue weighted by Crippen LogP contribution is -2.20. The van der Waals surface area contributed by atoms with E-state index in [2.05, 4.69) is 31.0 Å². The Labute approximate surface area is 155 Å². The molecule has 7 heteroatoms. The molecule has 0 saturated carbocycles. The normalized spacial score (nSPS) is 11.6. The first kappa shape index (κ1) is 17.8. The summed E-state index contributed by atoms with van der Waals surface area (Å²) in [6, 6.07) is 17.5. The summed E-state index contributed by atoms with van der Waals surface area (Å²) in [4.78, 5) is 4.62. The zero-order valence-electron chi connectivity index (χ0n) is 13.7. The molecule has 0 atom stereocenters. The third-order valence-corrected chi connectivity index (χ3v) is 5.81. The molecule has 0 aliphatic carbocycles. The van der Waals surface area contributed by atoms with Gasteiger partial charge in [0, 0.05) is 16.4 Å². The van der Waals surface area contributed by atoms with Crippen molar-refractivity contribution in [1.29, 1.82) is 0 Å². The third kappa shape index (κ3) is 4.56. The largest absolute Gasteiger partial charge is 0.366 e. The molecule has 1 heterocycles. The Morgan fingerprint density at radius 3 is 2.44 bits per heavy atom. The van der Waals surface area contributed by atoms with Gasteiger partial charge in [0.15, 0.2) is 0 Å². The first-order chi connectivity index (χ1) is 12.0. The number of nitrogens with one attached hydrogen (secondary N) is 2. The molecular formula is C18H18BrN3O2S. The van der Waals surface area contributed by atoms with Gasteiger partial charge in [-0.25, -0.2) is 18.1 Å². The van der Waals surface area contributed by atoms with Crippen LogP contribution in [0.4, 0.5) is 5.82 Å². The fourth-order valence-electron chi connectivity index (χ4n) is 2.45. The number of para-hydroxylation sites is 1. The Hall–Kier alpha value is -1.96. The average Bonchev–Trinajstić information content (AvgIpc) is 2.61. The maximum atomic E-state index is 11.6. The van der Waals surface area contributed by atoms with Crippen molar-refractivity contribution in [2.75, 3.05) is 12.4 Å². The lowest BCUT2D eigenvalue weighted by atomic mass is 10.1. The summed E-state index contributed by atoms with van der Waals surface area (Å²) in [5.41, 5.74) is 2.73. The van der Waals surface area contributed by atoms with Crippen LogP contribution in [0, 0.1) is 0 Å². The van der Waals surface area contributed by atoms with E-state index in [1.54, 1.807) is 0 Å². The first-order valence-electron chi connectivity index (χ1n) is 7.75. The third-order valence-electron chi connectivity index (χ3n) is 3.84. The molecule has 25 heavy (non-hydrogen) atoms. The van der Waals surface area contributed by atoms with Gasteiger partial charge in [-0.15, -0.1) is 0 Å². The molecule has 3 aromatic rings. The van der Waals surface area contributed by atoms with Crippen molar-refractivity contribution in [2.24, 2.45) is 0 Å². The maximum Gasteiger partial charge on any atom is 0.215 e. The number of fused-ring (bicyclic) bond motifs is 1. The molecule has 0 bridgehead atoms. The molecule has 1 aromatic heterocycles. The topological polar surface area (TPSA) is 71.1 Å². The Morgan fingerprint density at radius 1 is 1.00 bits per heavy atom. The number of aromatic nitrogens is 1. The number of rotatable bonds is 6. The average molecular weight is 420 g/mol. The highest BCUT2D eigenvalue weighted by molar-refractivity contribution is 9.10. The minimum absolute atomic E-state index is 0.0164. The molecule has 0 fully saturated rings. The monoisotopic (exact) mass is 419 g/mol. The Morgan fingerprint density at radius 2 is 1.72 bits per heavy atom. The summed E-state index contributed by atoms with van der Waals surface area (Å²) < 4.78 is 26.4. The molecule has 0 spiro atoms. The second-order valence-corrected chi connectivity index (χ2v) is 8.42. The van der Waals surface area contributed by atoms with Crippen LogP contribution in [0.5, 0.6) is 0 Å². The van der Waals surface area contributed by atoms with Gasteiger partial charge in [0.25, 0.3) is 0 Å². The van der Waals surface area contributed by atoms with E-state index in [4.69, 9.17) is 0 Å². The quantitative estimate of drug-likeness (QED) is 0.639. The second-order valence-electron chi connectivity index (χ2n) is 5.64. The van der Waals surface area contributed by atoms with Gasteiger partial charge in [0.2, 0.25) is 10.0 Å². The predicted molar refractivity (Wildman–Crippen MR) is 105 cm³/mol. The van der Waals surface area contributed by atoms with E-state index >= 15 is 0 Å². The van der Waals surface area contributed by atoms with E-state index in [1.807, 2.05) is 54.6 Å². The molecule has 2 N–H and O–H groups in total. The number of hydrogen-bond donors (Lipinski definition) is 2. The van der Waals surface area contributed by atoms with Crippen molar-refractivity contribution in [2.45, 2.75) is 12.3 Å². The molecule has 0 unspecified atom stereocenters. The van der Waals surface area contributed by atoms with Crippen LogP contribution in [0.25, 0.3) is 10.9 Å². The molecule has 2 aromatic carbocycles. The molecule has 3 rings (SSSR count). The highest BCUT2D eigenvalue weighted by atomic mass is 79.9. The number of hydrogen-bond acceptors (Lipinski definition) is 4. The van der Waals surface area contributed by atoms with Crippen molar-refractivity contribution >= 4 is 42.7 Å². The van der Waals surface area contributed by atoms with Crippen LogP contribution < -0.4 is 10.0 Å². The van der Waals surface area contributed by atoms with Crippen LogP contribution in [-0.4, -0.2) is 20.4 Å². The van der Waals surface area contributed by atoms with Crippen molar-refractivity contribution in [1.82, 2.24) is 9.71 Å². The molecule has 0 aliphatic heterocycles. The lowest BCUT2D eigenvalue weighted by Gasteiger charge is -2.09. The van der Waals surface area contributed by atoms with Gasteiger partial charge >= 0.3 is 0 Å². The Kier molecular flexibility index (Phi) is 5.36. The molecule has 0 saturated heterocycles. The number of pyridine rings is 1. The van der Waals surface area contributed by atoms with Gasteiger partial charge in [-0.2, -0.15) is 0 Å². The van der Waals surface area contributed by atoms with E-state index < -0.39 is 10.0 Å². The van der Waals surface area contributed by atoms with Gasteiger partial charge in [-0.1, -0.05) is 36.4 Å². The zero-order valence-corrected chi connectivity index (χ0v) is 16.1. The van der Waals surface area contributed by atoms with E-state index in [1.165, 1.54) is 7.05 Å². The smallest absolute Gasteiger partial charge is 0.215 e. The van der Waals surface area contributed by atoms with E-state index in [9.17, 15) is 8.42 Å². The summed E-state index contributed by atoms with van der Waals surface area (Å²) >= 11 is 3.52. The predicted octanol–water partition coefficient (Wildman–Crippen LogP) is 3.66. The van der Waals surface area contributed by atoms with Crippen molar-refractivity contribution in [3.63, 3.8) is 0 Å². The summed E-state index contributed by atoms with van der Waals surface area (Å²) in [6.45, 7) is 0.613. The SMILES string of the molecule is CNS(=O)(=O)Cc1ccc(CNc2ccc3cccc(Br)c3n2)cc1. The number of nitrogens with zero attached hydrogens (tertiary/aromatic N) is 1. The molecule has 0 radical (unpaired) electrons. The van der Waals surface area contributed by atoms with Crippen LogP contribution >= 0.6 is 15.9 Å². The zero-order chi connectivity index (χ0) is 17.9. The highest BCUT2D eigenvalue weighted by Gasteiger charge is 2.08. The highest BCUT2D eigenvalue weighted by Crippen LogP contribution is 2.23. The number of sulfonamides is 1. The van der Waals surface area contributed by atoms with E-state index in [-0.39, 0.29) is 5.75 Å². The van der Waals surface area contributed by atoms with Gasteiger partial charge in [0.05, 0.1) is 11.3 Å². The van der Waals surface area contributed by atoms with Crippen LogP contribution in [0.2, 0.25) is 0 Å². The molecular weight excluding hydrogens is 402 g/mol. The number of benzene rings is 2. The lowest BCUT2D eigenvalue weighted by molar-refractivity contribution is 0.587. The minimum atomic E-state index is -3.25. The van der Waals surface area contributed by atoms with E-state index in [0.29, 0.717) is 6.54 Å². The summed E-state index contributed by atoms with van der Waals surface area (Å²) in [5.74, 6) is 0.776. The molecule has 0 amide bonds. The van der Waals surface area contributed by atoms with Crippen molar-refractivity contribution < 1.29 is 8.42 Å². The summed E-state index contributed by atoms with van der Waals surface area (Å²) in [6.07, 6.45) is 0. The van der Waals surface area contributed by atoms with E-state index in [0.717, 1.165) is 32.3 Å². The van der Waals surface area contributed by atoms with Gasteiger partial charge in [0.1, 0.15) is 5.82 Å². The van der Waals surface area contributed by atoms with Crippen LogP contribution in [-0.2, 0) is 22.3 Å². The summed E-state index contributed by atoms with van der Waals surface area (Å²) in [7, 11) is -1.83. The minimum Gasteiger partial charge on any atom is -0.366 e. The number of anilines is 1. The van der Waals surface area contributed by atoms with Crippen LogP contribution in [0.15, 0.2) is 59.1 Å². The fraction of sp³-hybridized carbons (Fsp3) is 0.167. The summed E-state index contributed by atoms with van der Waals surface area (Å²) in [5, 5.41) is 4.38. The molecule has 0 aliphatic rings. The van der Waals surface area contributed by atoms with Gasteiger partial charge in [-0.3, -0.25) is 0 Å². The fourth-order valence-corrected chi connectivity index (χ4v) is 3.69. The van der Waals surface area contributed by atoms with Crippen LogP contribution in [0.3, 0.4) is 0 Å². The van der Waals surface area contributed by atoms with Gasteiger partial charge in [-0.05, 0) is 52.3 Å². The molecule has 5 nitrogen and oxygen atoms in total. The second kappa shape index (κ2) is 7.51. The first-order valence-corrected chi connectivity index (χ1v) is 10.2. The van der Waals surface area contributed by atoms with Gasteiger partial charge < -0.3 is 5.32 Å². The molecule has 130 valence electrons. The standard InChI is InChI=1S/C18H18BrN3O2S/c1-20-25(23,24)12-14-7-5-13(6-8-14)11-21-17-10-9-15-3-2-4-16(19)18(15)22-17/h2-10,20H,11-12H2,1H3,(H,21,22). The Balaban J connectivity index is 1.68. The maximum absolute atomic E-state index is 11.6. The number of halogens is 1. The van der Waals surface area contributed by atoms with Crippen LogP contribution in [0.1, 0.15) is 11.1 Å². The van der Waals surface area contributed by atoms with Crippen molar-refractivity contribution in [3.8, 4) is 0 Å². The van der Waals surface area contributed by atoms with Crippen molar-refractivity contribution in [3.05, 3.63) is 70.2 Å². The Bertz CT molecular complexity index is 989.